The predicted molar refractivity (Wildman–Crippen MR) is 68.1 cm³/mol. The van der Waals surface area contributed by atoms with Gasteiger partial charge < -0.3 is 5.11 Å². The molecule has 0 bridgehead atoms. The van der Waals surface area contributed by atoms with Crippen LogP contribution in [0.3, 0.4) is 0 Å². The minimum Gasteiger partial charge on any atom is -0.481 e. The second-order valence-corrected chi connectivity index (χ2v) is 5.75. The molecule has 88 valence electrons. The molecule has 0 saturated carbocycles. The van der Waals surface area contributed by atoms with Crippen LogP contribution in [0.2, 0.25) is 0 Å². The van der Waals surface area contributed by atoms with Crippen LogP contribution in [-0.4, -0.2) is 16.8 Å². The van der Waals surface area contributed by atoms with Crippen LogP contribution in [0.5, 0.6) is 0 Å². The molecule has 3 heteroatoms. The van der Waals surface area contributed by atoms with Crippen molar-refractivity contribution >= 4 is 17.7 Å². The third-order valence-corrected chi connectivity index (χ3v) is 3.43. The first kappa shape index (κ1) is 13.1. The number of hydrogen-bond donors (Lipinski definition) is 1. The molecular weight excluding hydrogens is 220 g/mol. The Bertz CT molecular complexity index is 355. The molecule has 0 spiro atoms. The zero-order valence-corrected chi connectivity index (χ0v) is 10.8. The Labute approximate surface area is 101 Å². The summed E-state index contributed by atoms with van der Waals surface area (Å²) in [5, 5.41) is 8.85. The lowest BCUT2D eigenvalue weighted by atomic mass is 9.82. The van der Waals surface area contributed by atoms with Crippen molar-refractivity contribution in [1.82, 2.24) is 0 Å². The normalized spacial score (nSPS) is 11.4. The quantitative estimate of drug-likeness (QED) is 0.797. The number of carboxylic acid groups (broad SMARTS) is 1. The second kappa shape index (κ2) is 5.39. The van der Waals surface area contributed by atoms with Gasteiger partial charge in [0.15, 0.2) is 0 Å². The SMILES string of the molecule is CCSc1ccc(C(C)(C)CC(=O)O)cc1. The fourth-order valence-corrected chi connectivity index (χ4v) is 2.31. The topological polar surface area (TPSA) is 37.3 Å². The summed E-state index contributed by atoms with van der Waals surface area (Å²) in [5.74, 6) is 0.301. The number of carbonyl (C=O) groups is 1. The maximum absolute atomic E-state index is 10.8. The van der Waals surface area contributed by atoms with Gasteiger partial charge in [-0.25, -0.2) is 0 Å². The number of thioether (sulfide) groups is 1. The van der Waals surface area contributed by atoms with E-state index in [1.807, 2.05) is 26.0 Å². The van der Waals surface area contributed by atoms with Crippen molar-refractivity contribution in [3.05, 3.63) is 29.8 Å². The van der Waals surface area contributed by atoms with Gasteiger partial charge in [-0.3, -0.25) is 4.79 Å². The third kappa shape index (κ3) is 3.56. The van der Waals surface area contributed by atoms with Crippen molar-refractivity contribution in [2.75, 3.05) is 5.75 Å². The van der Waals surface area contributed by atoms with E-state index in [0.717, 1.165) is 11.3 Å². The fourth-order valence-electron chi connectivity index (χ4n) is 1.65. The largest absolute Gasteiger partial charge is 0.481 e. The van der Waals surface area contributed by atoms with Crippen LogP contribution < -0.4 is 0 Å². The van der Waals surface area contributed by atoms with Crippen LogP contribution in [0.1, 0.15) is 32.8 Å². The van der Waals surface area contributed by atoms with Crippen molar-refractivity contribution in [2.45, 2.75) is 37.5 Å². The first-order chi connectivity index (χ1) is 7.45. The lowest BCUT2D eigenvalue weighted by Gasteiger charge is -2.23. The van der Waals surface area contributed by atoms with E-state index >= 15 is 0 Å². The molecule has 0 fully saturated rings. The fraction of sp³-hybridized carbons (Fsp3) is 0.462. The molecule has 0 aliphatic rings. The molecule has 1 rings (SSSR count). The number of aliphatic carboxylic acids is 1. The minimum absolute atomic E-state index is 0.160. The highest BCUT2D eigenvalue weighted by molar-refractivity contribution is 7.99. The van der Waals surface area contributed by atoms with Gasteiger partial charge in [0.1, 0.15) is 0 Å². The molecule has 0 unspecified atom stereocenters. The first-order valence-corrected chi connectivity index (χ1v) is 6.39. The van der Waals surface area contributed by atoms with Gasteiger partial charge in [-0.1, -0.05) is 32.9 Å². The second-order valence-electron chi connectivity index (χ2n) is 4.41. The van der Waals surface area contributed by atoms with Gasteiger partial charge in [0.05, 0.1) is 6.42 Å². The van der Waals surface area contributed by atoms with E-state index in [4.69, 9.17) is 5.11 Å². The Morgan fingerprint density at radius 3 is 2.31 bits per heavy atom. The Morgan fingerprint density at radius 2 is 1.88 bits per heavy atom. The number of carboxylic acids is 1. The van der Waals surface area contributed by atoms with Crippen molar-refractivity contribution in [3.63, 3.8) is 0 Å². The van der Waals surface area contributed by atoms with Gasteiger partial charge in [-0.05, 0) is 23.4 Å². The molecule has 0 atom stereocenters. The first-order valence-electron chi connectivity index (χ1n) is 5.41. The summed E-state index contributed by atoms with van der Waals surface area (Å²) in [6, 6.07) is 8.18. The van der Waals surface area contributed by atoms with Gasteiger partial charge in [0.2, 0.25) is 0 Å². The molecule has 0 aromatic heterocycles. The van der Waals surface area contributed by atoms with Crippen molar-refractivity contribution in [3.8, 4) is 0 Å². The maximum atomic E-state index is 10.8. The van der Waals surface area contributed by atoms with E-state index in [1.54, 1.807) is 11.8 Å². The van der Waals surface area contributed by atoms with E-state index in [0.29, 0.717) is 0 Å². The summed E-state index contributed by atoms with van der Waals surface area (Å²) < 4.78 is 0. The molecule has 0 aliphatic carbocycles. The molecule has 1 aromatic carbocycles. The number of benzene rings is 1. The van der Waals surface area contributed by atoms with Crippen LogP contribution in [0.15, 0.2) is 29.2 Å². The average Bonchev–Trinajstić information content (AvgIpc) is 2.17. The highest BCUT2D eigenvalue weighted by Crippen LogP contribution is 2.28. The van der Waals surface area contributed by atoms with Crippen LogP contribution in [0.4, 0.5) is 0 Å². The lowest BCUT2D eigenvalue weighted by molar-refractivity contribution is -0.138. The van der Waals surface area contributed by atoms with Crippen LogP contribution in [0.25, 0.3) is 0 Å². The molecule has 16 heavy (non-hydrogen) atoms. The van der Waals surface area contributed by atoms with E-state index in [-0.39, 0.29) is 11.8 Å². The Morgan fingerprint density at radius 1 is 1.31 bits per heavy atom. The summed E-state index contributed by atoms with van der Waals surface area (Å²) in [6.45, 7) is 6.04. The molecule has 1 N–H and O–H groups in total. The monoisotopic (exact) mass is 238 g/mol. The van der Waals surface area contributed by atoms with Crippen LogP contribution >= 0.6 is 11.8 Å². The van der Waals surface area contributed by atoms with E-state index in [9.17, 15) is 4.79 Å². The third-order valence-electron chi connectivity index (χ3n) is 2.54. The Kier molecular flexibility index (Phi) is 4.42. The molecule has 0 radical (unpaired) electrons. The molecule has 2 nitrogen and oxygen atoms in total. The average molecular weight is 238 g/mol. The summed E-state index contributed by atoms with van der Waals surface area (Å²) in [7, 11) is 0. The van der Waals surface area contributed by atoms with Gasteiger partial charge in [0, 0.05) is 10.3 Å². The van der Waals surface area contributed by atoms with Gasteiger partial charge in [0.25, 0.3) is 0 Å². The molecular formula is C13H18O2S. The Balaban J connectivity index is 2.83. The summed E-state index contributed by atoms with van der Waals surface area (Å²) >= 11 is 1.79. The molecule has 0 aliphatic heterocycles. The van der Waals surface area contributed by atoms with Crippen LogP contribution in [0, 0.1) is 0 Å². The van der Waals surface area contributed by atoms with Crippen LogP contribution in [-0.2, 0) is 10.2 Å². The predicted octanol–water partition coefficient (Wildman–Crippen LogP) is 3.55. The van der Waals surface area contributed by atoms with Crippen molar-refractivity contribution in [1.29, 1.82) is 0 Å². The number of rotatable bonds is 5. The summed E-state index contributed by atoms with van der Waals surface area (Å²) in [6.07, 6.45) is 0.160. The smallest absolute Gasteiger partial charge is 0.304 e. The highest BCUT2D eigenvalue weighted by atomic mass is 32.2. The minimum atomic E-state index is -0.753. The Hall–Kier alpha value is -0.960. The molecule has 1 aromatic rings. The summed E-state index contributed by atoms with van der Waals surface area (Å²) in [5.41, 5.74) is 0.775. The van der Waals surface area contributed by atoms with Gasteiger partial charge in [-0.2, -0.15) is 0 Å². The highest BCUT2D eigenvalue weighted by Gasteiger charge is 2.23. The zero-order valence-electron chi connectivity index (χ0n) is 9.99. The lowest BCUT2D eigenvalue weighted by Crippen LogP contribution is -2.21. The molecule has 0 heterocycles. The standard InChI is InChI=1S/C13H18O2S/c1-4-16-11-7-5-10(6-8-11)13(2,3)9-12(14)15/h5-8H,4,9H2,1-3H3,(H,14,15). The van der Waals surface area contributed by atoms with Crippen molar-refractivity contribution in [2.24, 2.45) is 0 Å². The van der Waals surface area contributed by atoms with E-state index in [1.165, 1.54) is 4.90 Å². The van der Waals surface area contributed by atoms with E-state index < -0.39 is 5.97 Å². The maximum Gasteiger partial charge on any atom is 0.304 e. The van der Waals surface area contributed by atoms with Crippen molar-refractivity contribution < 1.29 is 9.90 Å². The van der Waals surface area contributed by atoms with Gasteiger partial charge in [-0.15, -0.1) is 11.8 Å². The summed E-state index contributed by atoms with van der Waals surface area (Å²) in [4.78, 5) is 12.0. The number of hydrogen-bond acceptors (Lipinski definition) is 2. The van der Waals surface area contributed by atoms with E-state index in [2.05, 4.69) is 19.1 Å². The molecule has 0 saturated heterocycles. The van der Waals surface area contributed by atoms with Gasteiger partial charge >= 0.3 is 5.97 Å². The molecule has 0 amide bonds. The zero-order chi connectivity index (χ0) is 12.2.